The summed E-state index contributed by atoms with van der Waals surface area (Å²) in [7, 11) is 0. The van der Waals surface area contributed by atoms with Crippen molar-refractivity contribution in [2.24, 2.45) is 5.92 Å². The molecule has 0 N–H and O–H groups in total. The monoisotopic (exact) mass is 253 g/mol. The number of hydrogen-bond donors (Lipinski definition) is 0. The van der Waals surface area contributed by atoms with E-state index in [4.69, 9.17) is 4.42 Å². The summed E-state index contributed by atoms with van der Waals surface area (Å²) >= 11 is 0. The lowest BCUT2D eigenvalue weighted by Gasteiger charge is -1.96. The lowest BCUT2D eigenvalue weighted by Crippen LogP contribution is -1.89. The molecule has 0 spiro atoms. The normalized spacial score (nSPS) is 14.9. The number of nitrogens with zero attached hydrogens (tertiary/aromatic N) is 5. The molecule has 4 rings (SSSR count). The maximum atomic E-state index is 5.64. The second-order valence-electron chi connectivity index (χ2n) is 4.74. The molecule has 0 saturated heterocycles. The first-order valence-electron chi connectivity index (χ1n) is 6.29. The summed E-state index contributed by atoms with van der Waals surface area (Å²) in [5, 5.41) is 8.11. The van der Waals surface area contributed by atoms with Crippen molar-refractivity contribution >= 4 is 11.2 Å². The van der Waals surface area contributed by atoms with Crippen molar-refractivity contribution in [3.05, 3.63) is 30.4 Å². The van der Waals surface area contributed by atoms with Gasteiger partial charge in [-0.05, 0) is 30.9 Å². The van der Waals surface area contributed by atoms with Gasteiger partial charge >= 0.3 is 0 Å². The van der Waals surface area contributed by atoms with Gasteiger partial charge in [-0.1, -0.05) is 0 Å². The smallest absolute Gasteiger partial charge is 0.266 e. The largest absolute Gasteiger partial charge is 0.419 e. The van der Waals surface area contributed by atoms with E-state index in [0.717, 1.165) is 17.9 Å². The van der Waals surface area contributed by atoms with Crippen LogP contribution in [0.4, 0.5) is 0 Å². The second-order valence-corrected chi connectivity index (χ2v) is 4.74. The summed E-state index contributed by atoms with van der Waals surface area (Å²) in [6, 6.07) is 3.68. The van der Waals surface area contributed by atoms with E-state index in [-0.39, 0.29) is 0 Å². The van der Waals surface area contributed by atoms with E-state index in [2.05, 4.69) is 25.1 Å². The van der Waals surface area contributed by atoms with Crippen LogP contribution < -0.4 is 0 Å². The molecule has 0 amide bonds. The zero-order chi connectivity index (χ0) is 12.7. The molecule has 3 aromatic rings. The quantitative estimate of drug-likeness (QED) is 0.710. The molecule has 0 aliphatic heterocycles. The lowest BCUT2D eigenvalue weighted by atomic mass is 10.3. The lowest BCUT2D eigenvalue weighted by molar-refractivity contribution is 0.491. The van der Waals surface area contributed by atoms with E-state index >= 15 is 0 Å². The Morgan fingerprint density at radius 1 is 1.11 bits per heavy atom. The third-order valence-electron chi connectivity index (χ3n) is 3.18. The molecular weight excluding hydrogens is 242 g/mol. The molecule has 19 heavy (non-hydrogen) atoms. The fourth-order valence-corrected chi connectivity index (χ4v) is 1.98. The van der Waals surface area contributed by atoms with Gasteiger partial charge in [0.1, 0.15) is 11.2 Å². The van der Waals surface area contributed by atoms with Crippen molar-refractivity contribution in [3.8, 4) is 11.6 Å². The summed E-state index contributed by atoms with van der Waals surface area (Å²) in [4.78, 5) is 12.7. The molecule has 1 fully saturated rings. The predicted octanol–water partition coefficient (Wildman–Crippen LogP) is 2.03. The molecule has 0 aromatic carbocycles. The van der Waals surface area contributed by atoms with Crippen LogP contribution in [0.25, 0.3) is 22.7 Å². The highest BCUT2D eigenvalue weighted by atomic mass is 16.4. The first-order valence-corrected chi connectivity index (χ1v) is 6.29. The average molecular weight is 253 g/mol. The highest BCUT2D eigenvalue weighted by molar-refractivity contribution is 5.72. The maximum Gasteiger partial charge on any atom is 0.266 e. The summed E-state index contributed by atoms with van der Waals surface area (Å²) in [5.74, 6) is 1.87. The van der Waals surface area contributed by atoms with E-state index in [1.807, 2.05) is 12.1 Å². The third-order valence-corrected chi connectivity index (χ3v) is 3.18. The second kappa shape index (κ2) is 4.08. The fraction of sp³-hybridized carbons (Fsp3) is 0.308. The Kier molecular flexibility index (Phi) is 2.26. The molecule has 0 radical (unpaired) electrons. The highest BCUT2D eigenvalue weighted by Crippen LogP contribution is 2.32. The molecule has 0 bridgehead atoms. The maximum absolute atomic E-state index is 5.64. The molecule has 3 heterocycles. The van der Waals surface area contributed by atoms with E-state index in [0.29, 0.717) is 23.1 Å². The van der Waals surface area contributed by atoms with Gasteiger partial charge in [0, 0.05) is 18.8 Å². The molecule has 1 aliphatic carbocycles. The van der Waals surface area contributed by atoms with Gasteiger partial charge in [-0.3, -0.25) is 4.98 Å². The fourth-order valence-electron chi connectivity index (χ4n) is 1.98. The Hall–Kier alpha value is -2.37. The Labute approximate surface area is 108 Å². The summed E-state index contributed by atoms with van der Waals surface area (Å²) in [6.45, 7) is 0. The number of aromatic nitrogens is 5. The number of fused-ring (bicyclic) bond motifs is 1. The van der Waals surface area contributed by atoms with Crippen LogP contribution in [0.2, 0.25) is 0 Å². The van der Waals surface area contributed by atoms with Gasteiger partial charge in [-0.2, -0.15) is 0 Å². The Bertz CT molecular complexity index is 734. The van der Waals surface area contributed by atoms with Crippen LogP contribution in [-0.2, 0) is 6.42 Å². The molecular formula is C13H11N5O. The zero-order valence-electron chi connectivity index (χ0n) is 10.2. The Balaban J connectivity index is 1.70. The SMILES string of the molecule is c1cnc2nc(-c3nnc(CC4CC4)o3)ccc2n1. The standard InChI is InChI=1S/C13H11N5O/c1-2-8(1)7-11-17-18-13(19-11)10-4-3-9-12(16-10)15-6-5-14-9/h3-6,8H,1-2,7H2. The predicted molar refractivity (Wildman–Crippen MR) is 67.1 cm³/mol. The van der Waals surface area contributed by atoms with Gasteiger partial charge in [0.2, 0.25) is 5.89 Å². The van der Waals surface area contributed by atoms with Gasteiger partial charge in [-0.25, -0.2) is 9.97 Å². The van der Waals surface area contributed by atoms with Gasteiger partial charge in [0.05, 0.1) is 0 Å². The van der Waals surface area contributed by atoms with Gasteiger partial charge in [0.25, 0.3) is 5.89 Å². The van der Waals surface area contributed by atoms with Crippen molar-refractivity contribution in [1.82, 2.24) is 25.1 Å². The summed E-state index contributed by atoms with van der Waals surface area (Å²) < 4.78 is 5.64. The number of pyridine rings is 1. The van der Waals surface area contributed by atoms with Crippen molar-refractivity contribution < 1.29 is 4.42 Å². The molecule has 1 saturated carbocycles. The van der Waals surface area contributed by atoms with Crippen molar-refractivity contribution in [3.63, 3.8) is 0 Å². The van der Waals surface area contributed by atoms with E-state index in [1.165, 1.54) is 12.8 Å². The first-order chi connectivity index (χ1) is 9.38. The minimum Gasteiger partial charge on any atom is -0.419 e. The molecule has 0 atom stereocenters. The van der Waals surface area contributed by atoms with Crippen LogP contribution in [0.15, 0.2) is 28.9 Å². The van der Waals surface area contributed by atoms with Crippen LogP contribution in [0, 0.1) is 5.92 Å². The van der Waals surface area contributed by atoms with E-state index < -0.39 is 0 Å². The van der Waals surface area contributed by atoms with Gasteiger partial charge in [0.15, 0.2) is 5.65 Å². The van der Waals surface area contributed by atoms with Crippen molar-refractivity contribution in [2.45, 2.75) is 19.3 Å². The summed E-state index contributed by atoms with van der Waals surface area (Å²) in [6.07, 6.45) is 6.67. The van der Waals surface area contributed by atoms with E-state index in [1.54, 1.807) is 12.4 Å². The number of rotatable bonds is 3. The average Bonchev–Trinajstić information content (AvgIpc) is 3.14. The topological polar surface area (TPSA) is 77.6 Å². The van der Waals surface area contributed by atoms with E-state index in [9.17, 15) is 0 Å². The summed E-state index contributed by atoms with van der Waals surface area (Å²) in [5.41, 5.74) is 1.98. The molecule has 6 nitrogen and oxygen atoms in total. The van der Waals surface area contributed by atoms with Crippen molar-refractivity contribution in [1.29, 1.82) is 0 Å². The van der Waals surface area contributed by atoms with Crippen molar-refractivity contribution in [2.75, 3.05) is 0 Å². The van der Waals surface area contributed by atoms with Crippen LogP contribution in [0.1, 0.15) is 18.7 Å². The molecule has 1 aliphatic rings. The van der Waals surface area contributed by atoms with Crippen LogP contribution in [0.5, 0.6) is 0 Å². The van der Waals surface area contributed by atoms with Crippen LogP contribution in [0.3, 0.4) is 0 Å². The zero-order valence-corrected chi connectivity index (χ0v) is 10.2. The Morgan fingerprint density at radius 3 is 2.89 bits per heavy atom. The first kappa shape index (κ1) is 10.5. The van der Waals surface area contributed by atoms with Crippen LogP contribution >= 0.6 is 0 Å². The molecule has 6 heteroatoms. The minimum atomic E-state index is 0.447. The number of hydrogen-bond acceptors (Lipinski definition) is 6. The molecule has 94 valence electrons. The third kappa shape index (κ3) is 2.05. The molecule has 3 aromatic heterocycles. The minimum absolute atomic E-state index is 0.447. The Morgan fingerprint density at radius 2 is 2.00 bits per heavy atom. The highest BCUT2D eigenvalue weighted by Gasteiger charge is 2.24. The van der Waals surface area contributed by atoms with Gasteiger partial charge < -0.3 is 4.42 Å². The van der Waals surface area contributed by atoms with Gasteiger partial charge in [-0.15, -0.1) is 10.2 Å². The molecule has 0 unspecified atom stereocenters. The van der Waals surface area contributed by atoms with Crippen LogP contribution in [-0.4, -0.2) is 25.1 Å².